The molecular formula is C13H21NO3. The van der Waals surface area contributed by atoms with Gasteiger partial charge in [0.2, 0.25) is 5.75 Å². The van der Waals surface area contributed by atoms with Crippen LogP contribution in [0.4, 0.5) is 0 Å². The average molecular weight is 239 g/mol. The summed E-state index contributed by atoms with van der Waals surface area (Å²) in [5.41, 5.74) is 1.07. The Bertz CT molecular complexity index is 337. The zero-order valence-corrected chi connectivity index (χ0v) is 11.0. The van der Waals surface area contributed by atoms with E-state index >= 15 is 0 Å². The molecule has 0 saturated heterocycles. The summed E-state index contributed by atoms with van der Waals surface area (Å²) in [6, 6.07) is 3.69. The van der Waals surface area contributed by atoms with Gasteiger partial charge < -0.3 is 14.6 Å². The minimum absolute atomic E-state index is 0.0540. The van der Waals surface area contributed by atoms with Gasteiger partial charge in [0.05, 0.1) is 14.2 Å². The number of rotatable bonds is 6. The van der Waals surface area contributed by atoms with Crippen LogP contribution in [0.3, 0.4) is 0 Å². The molecule has 0 bridgehead atoms. The van der Waals surface area contributed by atoms with Gasteiger partial charge >= 0.3 is 0 Å². The number of ether oxygens (including phenoxy) is 2. The highest BCUT2D eigenvalue weighted by Crippen LogP contribution is 2.37. The zero-order valence-electron chi connectivity index (χ0n) is 11.0. The first-order valence-corrected chi connectivity index (χ1v) is 5.82. The molecule has 0 amide bonds. The Balaban J connectivity index is 3.00. The maximum atomic E-state index is 9.80. The van der Waals surface area contributed by atoms with Crippen LogP contribution in [-0.2, 0) is 6.54 Å². The molecule has 0 aliphatic carbocycles. The van der Waals surface area contributed by atoms with E-state index in [1.54, 1.807) is 0 Å². The number of methoxy groups -OCH3 is 2. The second-order valence-electron chi connectivity index (χ2n) is 3.81. The molecule has 0 radical (unpaired) electrons. The Labute approximate surface area is 103 Å². The van der Waals surface area contributed by atoms with Gasteiger partial charge in [-0.2, -0.15) is 0 Å². The summed E-state index contributed by atoms with van der Waals surface area (Å²) in [4.78, 5) is 2.28. The molecule has 1 N–H and O–H groups in total. The van der Waals surface area contributed by atoms with Crippen LogP contribution in [0.2, 0.25) is 0 Å². The Morgan fingerprint density at radius 1 is 1.06 bits per heavy atom. The number of nitrogens with zero attached hydrogens (tertiary/aromatic N) is 1. The summed E-state index contributed by atoms with van der Waals surface area (Å²) in [5, 5.41) is 9.80. The predicted octanol–water partition coefficient (Wildman–Crippen LogP) is 2.25. The monoisotopic (exact) mass is 239 g/mol. The van der Waals surface area contributed by atoms with Crippen LogP contribution in [0.15, 0.2) is 12.1 Å². The number of benzene rings is 1. The molecule has 1 rings (SSSR count). The summed E-state index contributed by atoms with van der Waals surface area (Å²) in [7, 11) is 3.07. The normalized spacial score (nSPS) is 10.6. The maximum Gasteiger partial charge on any atom is 0.200 e. The zero-order chi connectivity index (χ0) is 12.8. The summed E-state index contributed by atoms with van der Waals surface area (Å²) >= 11 is 0. The van der Waals surface area contributed by atoms with Gasteiger partial charge in [0.15, 0.2) is 11.5 Å². The fourth-order valence-corrected chi connectivity index (χ4v) is 1.74. The van der Waals surface area contributed by atoms with Crippen molar-refractivity contribution in [3.05, 3.63) is 17.7 Å². The first-order chi connectivity index (χ1) is 8.15. The minimum Gasteiger partial charge on any atom is -0.502 e. The highest BCUT2D eigenvalue weighted by Gasteiger charge is 2.12. The van der Waals surface area contributed by atoms with E-state index in [1.807, 2.05) is 12.1 Å². The Morgan fingerprint density at radius 2 is 1.53 bits per heavy atom. The molecule has 1 aromatic carbocycles. The van der Waals surface area contributed by atoms with E-state index in [0.717, 1.165) is 25.2 Å². The van der Waals surface area contributed by atoms with Crippen molar-refractivity contribution in [1.82, 2.24) is 4.90 Å². The van der Waals surface area contributed by atoms with Crippen LogP contribution in [0, 0.1) is 0 Å². The average Bonchev–Trinajstić information content (AvgIpc) is 2.37. The van der Waals surface area contributed by atoms with Crippen molar-refractivity contribution in [2.75, 3.05) is 27.3 Å². The lowest BCUT2D eigenvalue weighted by Gasteiger charge is -2.19. The van der Waals surface area contributed by atoms with E-state index in [1.165, 1.54) is 14.2 Å². The van der Waals surface area contributed by atoms with Gasteiger partial charge in [-0.05, 0) is 30.8 Å². The quantitative estimate of drug-likeness (QED) is 0.826. The smallest absolute Gasteiger partial charge is 0.200 e. The molecule has 17 heavy (non-hydrogen) atoms. The highest BCUT2D eigenvalue weighted by molar-refractivity contribution is 5.52. The lowest BCUT2D eigenvalue weighted by Crippen LogP contribution is -2.22. The Kier molecular flexibility index (Phi) is 5.10. The summed E-state index contributed by atoms with van der Waals surface area (Å²) in [6.07, 6.45) is 0. The van der Waals surface area contributed by atoms with Crippen molar-refractivity contribution >= 4 is 0 Å². The second kappa shape index (κ2) is 6.35. The van der Waals surface area contributed by atoms with Gasteiger partial charge in [-0.3, -0.25) is 4.90 Å². The van der Waals surface area contributed by atoms with Crippen molar-refractivity contribution < 1.29 is 14.6 Å². The van der Waals surface area contributed by atoms with Crippen LogP contribution in [0.25, 0.3) is 0 Å². The first-order valence-electron chi connectivity index (χ1n) is 5.82. The number of aromatic hydroxyl groups is 1. The van der Waals surface area contributed by atoms with Gasteiger partial charge in [-0.15, -0.1) is 0 Å². The van der Waals surface area contributed by atoms with Gasteiger partial charge in [-0.1, -0.05) is 13.8 Å². The predicted molar refractivity (Wildman–Crippen MR) is 67.8 cm³/mol. The van der Waals surface area contributed by atoms with Crippen molar-refractivity contribution in [3.8, 4) is 17.2 Å². The van der Waals surface area contributed by atoms with Gasteiger partial charge in [0.1, 0.15) is 0 Å². The van der Waals surface area contributed by atoms with Crippen molar-refractivity contribution in [1.29, 1.82) is 0 Å². The van der Waals surface area contributed by atoms with E-state index < -0.39 is 0 Å². The molecule has 0 aromatic heterocycles. The van der Waals surface area contributed by atoms with Crippen LogP contribution in [-0.4, -0.2) is 37.3 Å². The molecule has 0 aliphatic rings. The van der Waals surface area contributed by atoms with Crippen molar-refractivity contribution in [3.63, 3.8) is 0 Å². The molecular weight excluding hydrogens is 218 g/mol. The van der Waals surface area contributed by atoms with Crippen LogP contribution >= 0.6 is 0 Å². The molecule has 0 heterocycles. The highest BCUT2D eigenvalue weighted by atomic mass is 16.5. The largest absolute Gasteiger partial charge is 0.502 e. The van der Waals surface area contributed by atoms with Crippen molar-refractivity contribution in [2.45, 2.75) is 20.4 Å². The third-order valence-corrected chi connectivity index (χ3v) is 2.84. The summed E-state index contributed by atoms with van der Waals surface area (Å²) in [5.74, 6) is 0.955. The SMILES string of the molecule is CCN(CC)Cc1cc(OC)c(O)c(OC)c1. The molecule has 0 spiro atoms. The van der Waals surface area contributed by atoms with Crippen LogP contribution in [0.5, 0.6) is 17.2 Å². The molecule has 0 unspecified atom stereocenters. The third-order valence-electron chi connectivity index (χ3n) is 2.84. The van der Waals surface area contributed by atoms with E-state index in [-0.39, 0.29) is 5.75 Å². The van der Waals surface area contributed by atoms with E-state index in [4.69, 9.17) is 9.47 Å². The topological polar surface area (TPSA) is 41.9 Å². The minimum atomic E-state index is 0.0540. The molecule has 96 valence electrons. The van der Waals surface area contributed by atoms with Crippen LogP contribution < -0.4 is 9.47 Å². The fraction of sp³-hybridized carbons (Fsp3) is 0.538. The van der Waals surface area contributed by atoms with Crippen molar-refractivity contribution in [2.24, 2.45) is 0 Å². The Morgan fingerprint density at radius 3 is 1.88 bits per heavy atom. The van der Waals surface area contributed by atoms with Gasteiger partial charge in [0, 0.05) is 6.54 Å². The number of hydrogen-bond acceptors (Lipinski definition) is 4. The molecule has 4 heteroatoms. The molecule has 4 nitrogen and oxygen atoms in total. The van der Waals surface area contributed by atoms with E-state index in [0.29, 0.717) is 11.5 Å². The Hall–Kier alpha value is -1.42. The van der Waals surface area contributed by atoms with Gasteiger partial charge in [0.25, 0.3) is 0 Å². The van der Waals surface area contributed by atoms with E-state index in [2.05, 4.69) is 18.7 Å². The number of phenolic OH excluding ortho intramolecular Hbond substituents is 1. The third kappa shape index (κ3) is 3.27. The molecule has 0 atom stereocenters. The maximum absolute atomic E-state index is 9.80. The lowest BCUT2D eigenvalue weighted by atomic mass is 10.1. The standard InChI is InChI=1S/C13H21NO3/c1-5-14(6-2)9-10-7-11(16-3)13(15)12(8-10)17-4/h7-8,15H,5-6,9H2,1-4H3. The van der Waals surface area contributed by atoms with Gasteiger partial charge in [-0.25, -0.2) is 0 Å². The first kappa shape index (κ1) is 13.6. The molecule has 0 fully saturated rings. The van der Waals surface area contributed by atoms with Crippen LogP contribution in [0.1, 0.15) is 19.4 Å². The number of phenols is 1. The molecule has 0 saturated carbocycles. The molecule has 0 aliphatic heterocycles. The summed E-state index contributed by atoms with van der Waals surface area (Å²) < 4.78 is 10.3. The lowest BCUT2D eigenvalue weighted by molar-refractivity contribution is 0.292. The molecule has 1 aromatic rings. The second-order valence-corrected chi connectivity index (χ2v) is 3.81. The number of hydrogen-bond donors (Lipinski definition) is 1. The van der Waals surface area contributed by atoms with E-state index in [9.17, 15) is 5.11 Å². The summed E-state index contributed by atoms with van der Waals surface area (Å²) in [6.45, 7) is 7.04. The fourth-order valence-electron chi connectivity index (χ4n) is 1.74.